The number of carbonyl (C=O) groups is 1. The second kappa shape index (κ2) is 6.19. The van der Waals surface area contributed by atoms with Gasteiger partial charge in [-0.15, -0.1) is 11.3 Å². The first-order chi connectivity index (χ1) is 12.7. The molecule has 4 heterocycles. The van der Waals surface area contributed by atoms with Crippen molar-refractivity contribution in [3.05, 3.63) is 39.0 Å². The summed E-state index contributed by atoms with van der Waals surface area (Å²) in [5.41, 5.74) is 2.20. The molecule has 1 amide bonds. The van der Waals surface area contributed by atoms with Crippen molar-refractivity contribution in [1.29, 1.82) is 0 Å². The minimum absolute atomic E-state index is 0.0600. The molecule has 0 bridgehead atoms. The van der Waals surface area contributed by atoms with E-state index in [1.54, 1.807) is 18.7 Å². The van der Waals surface area contributed by atoms with Gasteiger partial charge in [-0.05, 0) is 19.1 Å². The first kappa shape index (κ1) is 17.7. The maximum atomic E-state index is 12.8. The quantitative estimate of drug-likeness (QED) is 0.664. The number of alkyl halides is 3. The highest BCUT2D eigenvalue weighted by molar-refractivity contribution is 7.14. The highest BCUT2D eigenvalue weighted by Crippen LogP contribution is 2.36. The molecule has 3 aromatic heterocycles. The smallest absolute Gasteiger partial charge is 0.333 e. The van der Waals surface area contributed by atoms with Crippen LogP contribution in [0.15, 0.2) is 16.7 Å². The number of nitrogens with zero attached hydrogens (tertiary/aromatic N) is 5. The van der Waals surface area contributed by atoms with Crippen LogP contribution in [0.1, 0.15) is 31.6 Å². The normalized spacial score (nSPS) is 14.5. The first-order valence-electron chi connectivity index (χ1n) is 8.06. The summed E-state index contributed by atoms with van der Waals surface area (Å²) in [4.78, 5) is 17.7. The fourth-order valence-electron chi connectivity index (χ4n) is 3.09. The third-order valence-corrected chi connectivity index (χ3v) is 5.47. The number of halogens is 3. The lowest BCUT2D eigenvalue weighted by atomic mass is 10.0. The van der Waals surface area contributed by atoms with Crippen molar-refractivity contribution in [2.75, 3.05) is 6.54 Å². The second-order valence-electron chi connectivity index (χ2n) is 6.18. The van der Waals surface area contributed by atoms with E-state index in [1.165, 1.54) is 11.0 Å². The molecule has 0 aliphatic carbocycles. The van der Waals surface area contributed by atoms with Crippen LogP contribution < -0.4 is 0 Å². The van der Waals surface area contributed by atoms with E-state index in [-0.39, 0.29) is 17.3 Å². The highest BCUT2D eigenvalue weighted by atomic mass is 32.1. The predicted octanol–water partition coefficient (Wildman–Crippen LogP) is 3.06. The van der Waals surface area contributed by atoms with Crippen molar-refractivity contribution >= 4 is 17.2 Å². The van der Waals surface area contributed by atoms with Gasteiger partial charge in [0.2, 0.25) is 0 Å². The van der Waals surface area contributed by atoms with Crippen molar-refractivity contribution in [3.63, 3.8) is 0 Å². The van der Waals surface area contributed by atoms with Gasteiger partial charge in [0.25, 0.3) is 11.8 Å². The lowest BCUT2D eigenvalue weighted by Gasteiger charge is -2.27. The van der Waals surface area contributed by atoms with Gasteiger partial charge < -0.3 is 9.42 Å². The molecule has 0 spiro atoms. The van der Waals surface area contributed by atoms with Crippen molar-refractivity contribution in [2.45, 2.75) is 26.1 Å². The van der Waals surface area contributed by atoms with Crippen LogP contribution >= 0.6 is 11.3 Å². The summed E-state index contributed by atoms with van der Waals surface area (Å²) in [7, 11) is 1.79. The highest BCUT2D eigenvalue weighted by Gasteiger charge is 2.35. The van der Waals surface area contributed by atoms with Gasteiger partial charge in [0, 0.05) is 31.3 Å². The molecule has 0 unspecified atom stereocenters. The lowest BCUT2D eigenvalue weighted by Crippen LogP contribution is -2.36. The molecule has 27 heavy (non-hydrogen) atoms. The summed E-state index contributed by atoms with van der Waals surface area (Å²) in [6, 6.07) is 2.15. The number of amides is 1. The number of hydrogen-bond acceptors (Lipinski definition) is 6. The first-order valence-corrected chi connectivity index (χ1v) is 8.87. The van der Waals surface area contributed by atoms with Gasteiger partial charge in [-0.25, -0.2) is 0 Å². The average molecular weight is 397 g/mol. The second-order valence-corrected chi connectivity index (χ2v) is 7.27. The fraction of sp³-hybridized carbons (Fsp3) is 0.375. The summed E-state index contributed by atoms with van der Waals surface area (Å²) in [6.07, 6.45) is -3.92. The van der Waals surface area contributed by atoms with E-state index < -0.39 is 17.0 Å². The minimum atomic E-state index is -4.45. The monoisotopic (exact) mass is 397 g/mol. The third-order valence-electron chi connectivity index (χ3n) is 4.36. The average Bonchev–Trinajstić information content (AvgIpc) is 3.32. The molecule has 0 radical (unpaired) electrons. The van der Waals surface area contributed by atoms with E-state index in [0.29, 0.717) is 35.8 Å². The maximum Gasteiger partial charge on any atom is 0.425 e. The SMILES string of the molecule is Cc1noc(-c2nn(C)c3c2CN(C(=O)c2ccc(C(F)(F)F)s2)CC3)n1. The molecule has 0 N–H and O–H groups in total. The molecule has 1 aliphatic heterocycles. The predicted molar refractivity (Wildman–Crippen MR) is 89.0 cm³/mol. The largest absolute Gasteiger partial charge is 0.425 e. The maximum absolute atomic E-state index is 12.8. The van der Waals surface area contributed by atoms with Crippen LogP contribution in [0.5, 0.6) is 0 Å². The van der Waals surface area contributed by atoms with Crippen LogP contribution in [-0.4, -0.2) is 37.3 Å². The standard InChI is InChI=1S/C16H14F3N5O2S/c1-8-20-14(26-22-8)13-9-7-24(6-5-10(9)23(2)21-13)15(25)11-3-4-12(27-11)16(17,18)19/h3-4H,5-7H2,1-2H3. The van der Waals surface area contributed by atoms with Gasteiger partial charge in [0.05, 0.1) is 11.4 Å². The summed E-state index contributed by atoms with van der Waals surface area (Å²) in [5, 5.41) is 8.17. The Kier molecular flexibility index (Phi) is 4.06. The molecule has 0 fully saturated rings. The van der Waals surface area contributed by atoms with Gasteiger partial charge >= 0.3 is 6.18 Å². The lowest BCUT2D eigenvalue weighted by molar-refractivity contribution is -0.134. The van der Waals surface area contributed by atoms with Gasteiger partial charge in [0.1, 0.15) is 4.88 Å². The number of aryl methyl sites for hydroxylation is 2. The summed E-state index contributed by atoms with van der Waals surface area (Å²) >= 11 is 0.454. The Bertz CT molecular complexity index is 1020. The molecule has 0 saturated carbocycles. The molecule has 0 atom stereocenters. The molecule has 4 rings (SSSR count). The van der Waals surface area contributed by atoms with E-state index in [4.69, 9.17) is 4.52 Å². The third kappa shape index (κ3) is 3.11. The number of aromatic nitrogens is 4. The van der Waals surface area contributed by atoms with Crippen LogP contribution in [0.2, 0.25) is 0 Å². The number of hydrogen-bond donors (Lipinski definition) is 0. The van der Waals surface area contributed by atoms with Crippen molar-refractivity contribution in [3.8, 4) is 11.6 Å². The topological polar surface area (TPSA) is 77.0 Å². The van der Waals surface area contributed by atoms with Gasteiger partial charge in [-0.3, -0.25) is 9.48 Å². The number of carbonyl (C=O) groups excluding carboxylic acids is 1. The zero-order valence-electron chi connectivity index (χ0n) is 14.4. The Morgan fingerprint density at radius 1 is 1.33 bits per heavy atom. The Balaban J connectivity index is 1.63. The Morgan fingerprint density at radius 3 is 2.74 bits per heavy atom. The van der Waals surface area contributed by atoms with E-state index in [1.807, 2.05) is 0 Å². The summed E-state index contributed by atoms with van der Waals surface area (Å²) in [5.74, 6) is 0.290. The molecule has 0 aromatic carbocycles. The van der Waals surface area contributed by atoms with E-state index >= 15 is 0 Å². The van der Waals surface area contributed by atoms with Crippen LogP contribution in [0.25, 0.3) is 11.6 Å². The molecule has 7 nitrogen and oxygen atoms in total. The van der Waals surface area contributed by atoms with Crippen LogP contribution in [0, 0.1) is 6.92 Å². The van der Waals surface area contributed by atoms with Crippen LogP contribution in [-0.2, 0) is 26.2 Å². The van der Waals surface area contributed by atoms with Crippen molar-refractivity contribution in [1.82, 2.24) is 24.8 Å². The molecule has 11 heteroatoms. The van der Waals surface area contributed by atoms with Gasteiger partial charge in [-0.2, -0.15) is 23.3 Å². The molecule has 1 aliphatic rings. The molecular formula is C16H14F3N5O2S. The number of thiophene rings is 1. The van der Waals surface area contributed by atoms with E-state index in [0.717, 1.165) is 17.3 Å². The fourth-order valence-corrected chi connectivity index (χ4v) is 3.93. The van der Waals surface area contributed by atoms with Crippen LogP contribution in [0.3, 0.4) is 0 Å². The zero-order valence-corrected chi connectivity index (χ0v) is 15.2. The van der Waals surface area contributed by atoms with Crippen molar-refractivity contribution < 1.29 is 22.5 Å². The van der Waals surface area contributed by atoms with E-state index in [2.05, 4.69) is 15.2 Å². The zero-order chi connectivity index (χ0) is 19.3. The van der Waals surface area contributed by atoms with Gasteiger partial charge in [0.15, 0.2) is 11.5 Å². The summed E-state index contributed by atoms with van der Waals surface area (Å²) < 4.78 is 45.3. The summed E-state index contributed by atoms with van der Waals surface area (Å²) in [6.45, 7) is 2.30. The minimum Gasteiger partial charge on any atom is -0.333 e. The Morgan fingerprint density at radius 2 is 2.11 bits per heavy atom. The Labute approximate surface area is 155 Å². The van der Waals surface area contributed by atoms with E-state index in [9.17, 15) is 18.0 Å². The molecule has 142 valence electrons. The molecule has 0 saturated heterocycles. The van der Waals surface area contributed by atoms with Crippen LogP contribution in [0.4, 0.5) is 13.2 Å². The molecular weight excluding hydrogens is 383 g/mol. The number of fused-ring (bicyclic) bond motifs is 1. The van der Waals surface area contributed by atoms with Crippen molar-refractivity contribution in [2.24, 2.45) is 7.05 Å². The number of rotatable bonds is 2. The molecule has 3 aromatic rings. The Hall–Kier alpha value is -2.69. The van der Waals surface area contributed by atoms with Gasteiger partial charge in [-0.1, -0.05) is 5.16 Å².